The maximum absolute atomic E-state index is 13.4. The lowest BCUT2D eigenvalue weighted by Crippen LogP contribution is -2.17. The fourth-order valence-corrected chi connectivity index (χ4v) is 1.93. The first-order chi connectivity index (χ1) is 9.58. The van der Waals surface area contributed by atoms with E-state index in [2.05, 4.69) is 26.5 Å². The maximum atomic E-state index is 13.4. The Morgan fingerprint density at radius 2 is 1.95 bits per heavy atom. The summed E-state index contributed by atoms with van der Waals surface area (Å²) in [5.74, 6) is -0.889. The maximum Gasteiger partial charge on any atom is 0.271 e. The highest BCUT2D eigenvalue weighted by Gasteiger charge is 2.05. The van der Waals surface area contributed by atoms with Gasteiger partial charge in [0.2, 0.25) is 0 Å². The number of hydrogen-bond donors (Lipinski definition) is 1. The van der Waals surface area contributed by atoms with Gasteiger partial charge in [0.05, 0.1) is 11.2 Å². The van der Waals surface area contributed by atoms with Crippen molar-refractivity contribution in [2.75, 3.05) is 0 Å². The van der Waals surface area contributed by atoms with Gasteiger partial charge in [-0.05, 0) is 36.4 Å². The summed E-state index contributed by atoms with van der Waals surface area (Å²) in [6, 6.07) is 11.1. The van der Waals surface area contributed by atoms with Crippen LogP contribution in [0.4, 0.5) is 4.39 Å². The van der Waals surface area contributed by atoms with Gasteiger partial charge in [-0.1, -0.05) is 33.6 Å². The van der Waals surface area contributed by atoms with Crippen molar-refractivity contribution >= 4 is 39.7 Å². The fourth-order valence-electron chi connectivity index (χ4n) is 1.46. The van der Waals surface area contributed by atoms with Crippen molar-refractivity contribution in [2.45, 2.75) is 0 Å². The number of hydrazone groups is 1. The zero-order chi connectivity index (χ0) is 14.5. The Kier molecular flexibility index (Phi) is 4.87. The Morgan fingerprint density at radius 1 is 1.25 bits per heavy atom. The Morgan fingerprint density at radius 3 is 2.60 bits per heavy atom. The summed E-state index contributed by atoms with van der Waals surface area (Å²) in [5.41, 5.74) is 2.89. The van der Waals surface area contributed by atoms with E-state index in [1.807, 2.05) is 0 Å². The summed E-state index contributed by atoms with van der Waals surface area (Å²) in [5, 5.41) is 3.93. The number of hydrogen-bond acceptors (Lipinski definition) is 2. The zero-order valence-electron chi connectivity index (χ0n) is 10.1. The lowest BCUT2D eigenvalue weighted by molar-refractivity contribution is 0.0955. The minimum atomic E-state index is -0.501. The van der Waals surface area contributed by atoms with Crippen LogP contribution in [0, 0.1) is 5.82 Å². The van der Waals surface area contributed by atoms with Gasteiger partial charge in [0.25, 0.3) is 5.91 Å². The third kappa shape index (κ3) is 3.65. The van der Waals surface area contributed by atoms with Crippen molar-refractivity contribution < 1.29 is 9.18 Å². The topological polar surface area (TPSA) is 41.5 Å². The van der Waals surface area contributed by atoms with Crippen molar-refractivity contribution in [3.05, 3.63) is 68.9 Å². The first-order valence-corrected chi connectivity index (χ1v) is 6.78. The van der Waals surface area contributed by atoms with Crippen molar-refractivity contribution in [1.29, 1.82) is 0 Å². The van der Waals surface area contributed by atoms with E-state index in [4.69, 9.17) is 11.6 Å². The van der Waals surface area contributed by atoms with Gasteiger partial charge >= 0.3 is 0 Å². The molecule has 2 rings (SSSR count). The molecule has 0 fully saturated rings. The van der Waals surface area contributed by atoms with Gasteiger partial charge in [-0.3, -0.25) is 4.79 Å². The van der Waals surface area contributed by atoms with Crippen LogP contribution in [0.15, 0.2) is 52.0 Å². The van der Waals surface area contributed by atoms with Crippen LogP contribution in [0.3, 0.4) is 0 Å². The van der Waals surface area contributed by atoms with Crippen molar-refractivity contribution in [1.82, 2.24) is 5.43 Å². The molecule has 102 valence electrons. The molecule has 0 atom stereocenters. The average Bonchev–Trinajstić information content (AvgIpc) is 2.42. The molecule has 6 heteroatoms. The van der Waals surface area contributed by atoms with E-state index < -0.39 is 5.82 Å². The third-order valence-corrected chi connectivity index (χ3v) is 3.32. The van der Waals surface area contributed by atoms with Crippen molar-refractivity contribution in [3.63, 3.8) is 0 Å². The molecule has 20 heavy (non-hydrogen) atoms. The molecule has 0 heterocycles. The largest absolute Gasteiger partial charge is 0.271 e. The molecule has 2 aromatic rings. The smallest absolute Gasteiger partial charge is 0.267 e. The summed E-state index contributed by atoms with van der Waals surface area (Å²) in [7, 11) is 0. The van der Waals surface area contributed by atoms with Crippen LogP contribution >= 0.6 is 27.5 Å². The highest BCUT2D eigenvalue weighted by Crippen LogP contribution is 2.16. The minimum absolute atomic E-state index is 0.130. The molecule has 1 N–H and O–H groups in total. The molecule has 0 unspecified atom stereocenters. The molecule has 0 saturated carbocycles. The number of amides is 1. The van der Waals surface area contributed by atoms with Crippen LogP contribution in [0.1, 0.15) is 15.9 Å². The zero-order valence-corrected chi connectivity index (χ0v) is 12.5. The highest BCUT2D eigenvalue weighted by molar-refractivity contribution is 9.10. The molecule has 0 aliphatic heterocycles. The van der Waals surface area contributed by atoms with Gasteiger partial charge in [0.1, 0.15) is 5.82 Å². The number of halogens is 3. The standard InChI is InChI=1S/C14H9BrClFN2O/c15-10-6-4-9(5-7-10)14(20)19-18-8-11-12(16)2-1-3-13(11)17/h1-8H,(H,19,20)/b18-8+. The van der Waals surface area contributed by atoms with Gasteiger partial charge < -0.3 is 0 Å². The minimum Gasteiger partial charge on any atom is -0.267 e. The molecule has 0 aliphatic carbocycles. The lowest BCUT2D eigenvalue weighted by atomic mass is 10.2. The lowest BCUT2D eigenvalue weighted by Gasteiger charge is -2.01. The average molecular weight is 356 g/mol. The summed E-state index contributed by atoms with van der Waals surface area (Å²) in [6.07, 6.45) is 1.18. The first-order valence-electron chi connectivity index (χ1n) is 5.61. The SMILES string of the molecule is O=C(N/N=C/c1c(F)cccc1Cl)c1ccc(Br)cc1. The van der Waals surface area contributed by atoms with E-state index in [0.717, 1.165) is 4.47 Å². The van der Waals surface area contributed by atoms with Crippen LogP contribution in [0.25, 0.3) is 0 Å². The number of rotatable bonds is 3. The number of nitrogens with zero attached hydrogens (tertiary/aromatic N) is 1. The van der Waals surface area contributed by atoms with Crippen LogP contribution in [-0.4, -0.2) is 12.1 Å². The molecule has 0 aromatic heterocycles. The predicted octanol–water partition coefficient (Wildman–Crippen LogP) is 4.01. The summed E-state index contributed by atoms with van der Waals surface area (Å²) >= 11 is 9.11. The molecule has 3 nitrogen and oxygen atoms in total. The predicted molar refractivity (Wildman–Crippen MR) is 80.6 cm³/mol. The van der Waals surface area contributed by atoms with Gasteiger partial charge in [-0.15, -0.1) is 0 Å². The first kappa shape index (κ1) is 14.7. The summed E-state index contributed by atoms with van der Waals surface area (Å²) in [4.78, 5) is 11.7. The molecule has 0 aliphatic rings. The molecule has 0 bridgehead atoms. The Bertz CT molecular complexity index is 638. The van der Waals surface area contributed by atoms with Crippen LogP contribution in [-0.2, 0) is 0 Å². The van der Waals surface area contributed by atoms with E-state index in [9.17, 15) is 9.18 Å². The summed E-state index contributed by atoms with van der Waals surface area (Å²) < 4.78 is 14.3. The monoisotopic (exact) mass is 354 g/mol. The Hall–Kier alpha value is -1.72. The Labute approximate surface area is 128 Å². The second-order valence-corrected chi connectivity index (χ2v) is 5.16. The van der Waals surface area contributed by atoms with Crippen molar-refractivity contribution in [3.8, 4) is 0 Å². The normalized spacial score (nSPS) is 10.8. The number of benzene rings is 2. The van der Waals surface area contributed by atoms with Gasteiger partial charge in [0.15, 0.2) is 0 Å². The van der Waals surface area contributed by atoms with Crippen molar-refractivity contribution in [2.24, 2.45) is 5.10 Å². The second-order valence-electron chi connectivity index (χ2n) is 3.84. The number of carbonyl (C=O) groups excluding carboxylic acids is 1. The van der Waals surface area contributed by atoms with Crippen LogP contribution in [0.5, 0.6) is 0 Å². The van der Waals surface area contributed by atoms with E-state index >= 15 is 0 Å². The molecule has 2 aromatic carbocycles. The fraction of sp³-hybridized carbons (Fsp3) is 0. The molecule has 0 spiro atoms. The number of carbonyl (C=O) groups is 1. The van der Waals surface area contributed by atoms with Gasteiger partial charge in [0, 0.05) is 15.6 Å². The van der Waals surface area contributed by atoms with Gasteiger partial charge in [-0.2, -0.15) is 5.10 Å². The van der Waals surface area contributed by atoms with Crippen LogP contribution < -0.4 is 5.43 Å². The molecule has 0 saturated heterocycles. The third-order valence-electron chi connectivity index (χ3n) is 2.47. The molecular weight excluding hydrogens is 347 g/mol. The van der Waals surface area contributed by atoms with E-state index in [1.165, 1.54) is 18.3 Å². The summed E-state index contributed by atoms with van der Waals surface area (Å²) in [6.45, 7) is 0. The van der Waals surface area contributed by atoms with E-state index in [0.29, 0.717) is 5.56 Å². The van der Waals surface area contributed by atoms with E-state index in [-0.39, 0.29) is 16.5 Å². The molecule has 1 amide bonds. The quantitative estimate of drug-likeness (QED) is 0.656. The number of nitrogens with one attached hydrogen (secondary N) is 1. The second kappa shape index (κ2) is 6.63. The molecular formula is C14H9BrClFN2O. The highest BCUT2D eigenvalue weighted by atomic mass is 79.9. The van der Waals surface area contributed by atoms with E-state index in [1.54, 1.807) is 30.3 Å². The van der Waals surface area contributed by atoms with Gasteiger partial charge in [-0.25, -0.2) is 9.82 Å². The molecule has 0 radical (unpaired) electrons. The Balaban J connectivity index is 2.06. The van der Waals surface area contributed by atoms with Crippen LogP contribution in [0.2, 0.25) is 5.02 Å².